The fourth-order valence-electron chi connectivity index (χ4n) is 3.22. The predicted molar refractivity (Wildman–Crippen MR) is 101 cm³/mol. The van der Waals surface area contributed by atoms with Crippen LogP contribution >= 0.6 is 0 Å². The highest BCUT2D eigenvalue weighted by Crippen LogP contribution is 2.16. The molecular formula is C19H33N5O2. The fourth-order valence-corrected chi connectivity index (χ4v) is 3.22. The van der Waals surface area contributed by atoms with Gasteiger partial charge in [-0.3, -0.25) is 14.5 Å². The Morgan fingerprint density at radius 1 is 1.38 bits per heavy atom. The number of nitrogens with zero attached hydrogens (tertiary/aromatic N) is 4. The minimum absolute atomic E-state index is 0.000373. The van der Waals surface area contributed by atoms with Gasteiger partial charge in [-0.25, -0.2) is 4.98 Å². The predicted octanol–water partition coefficient (Wildman–Crippen LogP) is 1.39. The maximum atomic E-state index is 13.0. The van der Waals surface area contributed by atoms with Crippen molar-refractivity contribution in [2.45, 2.75) is 59.2 Å². The largest absolute Gasteiger partial charge is 0.353 e. The van der Waals surface area contributed by atoms with Crippen LogP contribution in [0.25, 0.3) is 0 Å². The second-order valence-corrected chi connectivity index (χ2v) is 7.80. The summed E-state index contributed by atoms with van der Waals surface area (Å²) < 4.78 is 1.92. The first-order valence-corrected chi connectivity index (χ1v) is 9.57. The number of nitrogens with one attached hydrogen (secondary N) is 1. The first kappa shape index (κ1) is 20.4. The highest BCUT2D eigenvalue weighted by Gasteiger charge is 2.33. The molecule has 2 heterocycles. The molecule has 1 fully saturated rings. The van der Waals surface area contributed by atoms with E-state index >= 15 is 0 Å². The first-order valence-electron chi connectivity index (χ1n) is 9.57. The zero-order valence-corrected chi connectivity index (χ0v) is 16.7. The Labute approximate surface area is 156 Å². The molecule has 146 valence electrons. The van der Waals surface area contributed by atoms with Crippen molar-refractivity contribution >= 4 is 11.8 Å². The van der Waals surface area contributed by atoms with E-state index in [-0.39, 0.29) is 30.3 Å². The van der Waals surface area contributed by atoms with Gasteiger partial charge >= 0.3 is 0 Å². The zero-order chi connectivity index (χ0) is 19.3. The Hall–Kier alpha value is -1.89. The minimum Gasteiger partial charge on any atom is -0.353 e. The van der Waals surface area contributed by atoms with Gasteiger partial charge in [0.25, 0.3) is 0 Å². The Balaban J connectivity index is 2.07. The lowest BCUT2D eigenvalue weighted by atomic mass is 10.0. The van der Waals surface area contributed by atoms with Crippen LogP contribution in [0.15, 0.2) is 12.4 Å². The molecule has 1 aliphatic rings. The van der Waals surface area contributed by atoms with E-state index in [0.717, 1.165) is 25.3 Å². The average molecular weight is 364 g/mol. The lowest BCUT2D eigenvalue weighted by Crippen LogP contribution is -2.57. The normalized spacial score (nSPS) is 18.4. The summed E-state index contributed by atoms with van der Waals surface area (Å²) in [5.74, 6) is 1.39. The van der Waals surface area contributed by atoms with Gasteiger partial charge in [-0.1, -0.05) is 13.8 Å². The molecular weight excluding hydrogens is 330 g/mol. The van der Waals surface area contributed by atoms with Crippen molar-refractivity contribution in [2.24, 2.45) is 13.0 Å². The molecule has 0 radical (unpaired) electrons. The molecule has 1 atom stereocenters. The summed E-state index contributed by atoms with van der Waals surface area (Å²) in [5, 5.41) is 2.91. The summed E-state index contributed by atoms with van der Waals surface area (Å²) in [6, 6.07) is -0.326. The Kier molecular flexibility index (Phi) is 7.20. The fraction of sp³-hybridized carbons (Fsp3) is 0.737. The summed E-state index contributed by atoms with van der Waals surface area (Å²) in [6.07, 6.45) is 4.85. The molecule has 0 bridgehead atoms. The van der Waals surface area contributed by atoms with Crippen LogP contribution in [0.5, 0.6) is 0 Å². The summed E-state index contributed by atoms with van der Waals surface area (Å²) in [5.41, 5.74) is 0. The van der Waals surface area contributed by atoms with Crippen LogP contribution < -0.4 is 5.32 Å². The number of carbonyl (C=O) groups is 2. The number of rotatable bonds is 8. The first-order chi connectivity index (χ1) is 12.3. The number of piperazine rings is 1. The van der Waals surface area contributed by atoms with E-state index in [0.29, 0.717) is 19.0 Å². The van der Waals surface area contributed by atoms with Crippen molar-refractivity contribution in [1.29, 1.82) is 0 Å². The second-order valence-electron chi connectivity index (χ2n) is 7.80. The van der Waals surface area contributed by atoms with E-state index in [9.17, 15) is 9.59 Å². The van der Waals surface area contributed by atoms with Crippen LogP contribution in [0.1, 0.15) is 46.4 Å². The molecule has 2 amide bonds. The summed E-state index contributed by atoms with van der Waals surface area (Å²) in [4.78, 5) is 33.7. The Bertz CT molecular complexity index is 611. The smallest absolute Gasteiger partial charge is 0.237 e. The van der Waals surface area contributed by atoms with Crippen molar-refractivity contribution in [3.05, 3.63) is 18.2 Å². The van der Waals surface area contributed by atoms with E-state index in [4.69, 9.17) is 0 Å². The van der Waals surface area contributed by atoms with E-state index in [1.165, 1.54) is 0 Å². The third kappa shape index (κ3) is 5.30. The monoisotopic (exact) mass is 363 g/mol. The maximum Gasteiger partial charge on any atom is 0.237 e. The second kappa shape index (κ2) is 9.16. The molecule has 7 heteroatoms. The molecule has 0 aliphatic carbocycles. The number of aromatic nitrogens is 2. The number of hydrogen-bond donors (Lipinski definition) is 1. The Morgan fingerprint density at radius 2 is 2.12 bits per heavy atom. The van der Waals surface area contributed by atoms with Crippen molar-refractivity contribution in [1.82, 2.24) is 24.7 Å². The van der Waals surface area contributed by atoms with Gasteiger partial charge in [0.2, 0.25) is 11.8 Å². The summed E-state index contributed by atoms with van der Waals surface area (Å²) in [6.45, 7) is 11.1. The average Bonchev–Trinajstić information content (AvgIpc) is 2.97. The molecule has 2 rings (SSSR count). The molecule has 7 nitrogen and oxygen atoms in total. The van der Waals surface area contributed by atoms with Gasteiger partial charge in [0.1, 0.15) is 5.82 Å². The van der Waals surface area contributed by atoms with Gasteiger partial charge in [-0.05, 0) is 32.7 Å². The molecule has 1 saturated heterocycles. The molecule has 1 aromatic heterocycles. The summed E-state index contributed by atoms with van der Waals surface area (Å²) >= 11 is 0. The lowest BCUT2D eigenvalue weighted by Gasteiger charge is -2.36. The molecule has 26 heavy (non-hydrogen) atoms. The zero-order valence-electron chi connectivity index (χ0n) is 16.7. The summed E-state index contributed by atoms with van der Waals surface area (Å²) in [7, 11) is 1.92. The quantitative estimate of drug-likeness (QED) is 0.758. The number of imidazole rings is 1. The highest BCUT2D eigenvalue weighted by atomic mass is 16.2. The molecule has 1 N–H and O–H groups in total. The van der Waals surface area contributed by atoms with Crippen molar-refractivity contribution in [2.75, 3.05) is 19.6 Å². The molecule has 0 aromatic carbocycles. The van der Waals surface area contributed by atoms with Crippen LogP contribution in [0.4, 0.5) is 0 Å². The van der Waals surface area contributed by atoms with Crippen molar-refractivity contribution in [3.63, 3.8) is 0 Å². The van der Waals surface area contributed by atoms with Gasteiger partial charge < -0.3 is 14.8 Å². The van der Waals surface area contributed by atoms with Crippen LogP contribution in [0.2, 0.25) is 0 Å². The third-order valence-electron chi connectivity index (χ3n) is 4.98. The van der Waals surface area contributed by atoms with Crippen molar-refractivity contribution in [3.8, 4) is 0 Å². The topological polar surface area (TPSA) is 70.5 Å². The van der Waals surface area contributed by atoms with Crippen LogP contribution in [-0.4, -0.2) is 62.9 Å². The number of amides is 2. The minimum atomic E-state index is -0.377. The van der Waals surface area contributed by atoms with Gasteiger partial charge in [0.05, 0.1) is 19.0 Å². The number of aryl methyl sites for hydroxylation is 1. The highest BCUT2D eigenvalue weighted by molar-refractivity contribution is 5.88. The molecule has 1 aliphatic heterocycles. The van der Waals surface area contributed by atoms with Gasteiger partial charge in [-0.15, -0.1) is 0 Å². The van der Waals surface area contributed by atoms with E-state index in [2.05, 4.69) is 29.0 Å². The number of carbonyl (C=O) groups excluding carboxylic acids is 2. The van der Waals surface area contributed by atoms with Crippen LogP contribution in [-0.2, 0) is 23.2 Å². The lowest BCUT2D eigenvalue weighted by molar-refractivity contribution is -0.140. The molecule has 1 aromatic rings. The van der Waals surface area contributed by atoms with Gasteiger partial charge in [0.15, 0.2) is 0 Å². The Morgan fingerprint density at radius 3 is 2.69 bits per heavy atom. The molecule has 0 spiro atoms. The van der Waals surface area contributed by atoms with Crippen LogP contribution in [0, 0.1) is 5.92 Å². The number of hydrogen-bond acceptors (Lipinski definition) is 4. The van der Waals surface area contributed by atoms with Gasteiger partial charge in [-0.2, -0.15) is 0 Å². The molecule has 0 unspecified atom stereocenters. The van der Waals surface area contributed by atoms with E-state index in [1.54, 1.807) is 6.20 Å². The van der Waals surface area contributed by atoms with Gasteiger partial charge in [0, 0.05) is 38.6 Å². The standard InChI is InChI=1S/C19H33N5O2/c1-14(2)6-9-23-11-8-21-19(26)16(23)12-18(25)24(15(3)4)13-17-20-7-10-22(17)5/h7,10,14-16H,6,8-9,11-13H2,1-5H3,(H,21,26)/t16-/m0/s1. The third-order valence-corrected chi connectivity index (χ3v) is 4.98. The SMILES string of the molecule is CC(C)CCN1CCNC(=O)[C@@H]1CC(=O)N(Cc1nccn1C)C(C)C. The van der Waals surface area contributed by atoms with Crippen LogP contribution in [0.3, 0.4) is 0 Å². The van der Waals surface area contributed by atoms with Crippen molar-refractivity contribution < 1.29 is 9.59 Å². The maximum absolute atomic E-state index is 13.0. The molecule has 0 saturated carbocycles. The van der Waals surface area contributed by atoms with E-state index in [1.807, 2.05) is 36.6 Å². The van der Waals surface area contributed by atoms with E-state index < -0.39 is 0 Å².